The van der Waals surface area contributed by atoms with E-state index < -0.39 is 0 Å². The highest BCUT2D eigenvalue weighted by Crippen LogP contribution is 2.36. The summed E-state index contributed by atoms with van der Waals surface area (Å²) in [6.07, 6.45) is 1.25. The van der Waals surface area contributed by atoms with E-state index in [9.17, 15) is 14.4 Å². The van der Waals surface area contributed by atoms with Crippen LogP contribution in [0.1, 0.15) is 24.5 Å². The van der Waals surface area contributed by atoms with Gasteiger partial charge in [-0.3, -0.25) is 14.4 Å². The highest BCUT2D eigenvalue weighted by atomic mass is 35.5. The number of benzene rings is 1. The van der Waals surface area contributed by atoms with Gasteiger partial charge in [-0.05, 0) is 42.7 Å². The van der Waals surface area contributed by atoms with E-state index in [4.69, 9.17) is 11.6 Å². The van der Waals surface area contributed by atoms with Gasteiger partial charge >= 0.3 is 0 Å². The van der Waals surface area contributed by atoms with Gasteiger partial charge in [0, 0.05) is 61.0 Å². The Hall–Kier alpha value is -2.60. The van der Waals surface area contributed by atoms with Crippen molar-refractivity contribution < 1.29 is 9.59 Å². The third kappa shape index (κ3) is 3.25. The number of hydrogen-bond donors (Lipinski definition) is 0. The Balaban J connectivity index is 1.32. The number of likely N-dealkylation sites (tertiary alicyclic amines) is 1. The standard InChI is InChI=1S/C22H22ClN3O3/c23-17-4-6-18(7-5-17)25-13-16(9-21(25)28)22(29)24-10-14-8-15(12-24)19-2-1-3-20(27)26(19)11-14/h1-7,14-16H,8-13H2/t14-,15-,16+/m0/s1. The molecule has 0 spiro atoms. The summed E-state index contributed by atoms with van der Waals surface area (Å²) < 4.78 is 1.86. The fraction of sp³-hybridized carbons (Fsp3) is 0.409. The highest BCUT2D eigenvalue weighted by molar-refractivity contribution is 6.30. The van der Waals surface area contributed by atoms with Crippen molar-refractivity contribution in [1.29, 1.82) is 0 Å². The molecule has 1 aromatic heterocycles. The van der Waals surface area contributed by atoms with Crippen molar-refractivity contribution in [2.24, 2.45) is 11.8 Å². The Morgan fingerprint density at radius 2 is 1.76 bits per heavy atom. The van der Waals surface area contributed by atoms with E-state index in [-0.39, 0.29) is 41.5 Å². The summed E-state index contributed by atoms with van der Waals surface area (Å²) >= 11 is 5.94. The number of fused-ring (bicyclic) bond motifs is 4. The molecular formula is C22H22ClN3O3. The molecule has 6 nitrogen and oxygen atoms in total. The van der Waals surface area contributed by atoms with Crippen LogP contribution in [0, 0.1) is 11.8 Å². The number of amides is 2. The number of pyridine rings is 1. The zero-order chi connectivity index (χ0) is 20.1. The summed E-state index contributed by atoms with van der Waals surface area (Å²) in [6, 6.07) is 12.5. The topological polar surface area (TPSA) is 62.6 Å². The molecule has 0 radical (unpaired) electrons. The van der Waals surface area contributed by atoms with Gasteiger partial charge in [-0.25, -0.2) is 0 Å². The van der Waals surface area contributed by atoms with E-state index in [2.05, 4.69) is 0 Å². The van der Waals surface area contributed by atoms with E-state index in [1.807, 2.05) is 27.7 Å². The van der Waals surface area contributed by atoms with Crippen LogP contribution in [-0.2, 0) is 16.1 Å². The molecule has 2 aromatic rings. The van der Waals surface area contributed by atoms with Crippen molar-refractivity contribution in [1.82, 2.24) is 9.47 Å². The zero-order valence-corrected chi connectivity index (χ0v) is 16.7. The van der Waals surface area contributed by atoms with Crippen LogP contribution in [-0.4, -0.2) is 40.9 Å². The fourth-order valence-corrected chi connectivity index (χ4v) is 5.20. The molecule has 0 unspecified atom stereocenters. The number of anilines is 1. The van der Waals surface area contributed by atoms with Crippen LogP contribution in [0.15, 0.2) is 47.3 Å². The summed E-state index contributed by atoms with van der Waals surface area (Å²) in [5.41, 5.74) is 1.84. The predicted octanol–water partition coefficient (Wildman–Crippen LogP) is 2.50. The molecule has 3 aliphatic heterocycles. The van der Waals surface area contributed by atoms with E-state index in [0.717, 1.165) is 17.8 Å². The van der Waals surface area contributed by atoms with Crippen LogP contribution in [0.5, 0.6) is 0 Å². The minimum Gasteiger partial charge on any atom is -0.341 e. The Morgan fingerprint density at radius 1 is 0.966 bits per heavy atom. The van der Waals surface area contributed by atoms with Gasteiger partial charge < -0.3 is 14.4 Å². The van der Waals surface area contributed by atoms with E-state index in [1.165, 1.54) is 0 Å². The lowest BCUT2D eigenvalue weighted by Gasteiger charge is -2.43. The second kappa shape index (κ2) is 7.02. The normalized spacial score (nSPS) is 25.8. The molecule has 1 aromatic carbocycles. The van der Waals surface area contributed by atoms with E-state index in [0.29, 0.717) is 31.2 Å². The second-order valence-corrected chi connectivity index (χ2v) is 8.76. The number of piperidine rings is 1. The van der Waals surface area contributed by atoms with E-state index in [1.54, 1.807) is 29.2 Å². The lowest BCUT2D eigenvalue weighted by atomic mass is 9.82. The van der Waals surface area contributed by atoms with Gasteiger partial charge in [0.2, 0.25) is 11.8 Å². The predicted molar refractivity (Wildman–Crippen MR) is 110 cm³/mol. The van der Waals surface area contributed by atoms with Gasteiger partial charge in [0.1, 0.15) is 0 Å². The van der Waals surface area contributed by atoms with Crippen molar-refractivity contribution in [3.8, 4) is 0 Å². The van der Waals surface area contributed by atoms with Crippen LogP contribution in [0.25, 0.3) is 0 Å². The summed E-state index contributed by atoms with van der Waals surface area (Å²) in [5.74, 6) is 0.172. The molecule has 2 amide bonds. The SMILES string of the molecule is O=C([C@@H]1CC(=O)N(c2ccc(Cl)cc2)C1)N1C[C@@H]2C[C@@H](C1)c1cccc(=O)n1C2. The number of aromatic nitrogens is 1. The second-order valence-electron chi connectivity index (χ2n) is 8.32. The number of halogens is 1. The molecule has 0 aliphatic carbocycles. The number of nitrogens with zero attached hydrogens (tertiary/aromatic N) is 3. The zero-order valence-electron chi connectivity index (χ0n) is 16.0. The van der Waals surface area contributed by atoms with Crippen molar-refractivity contribution in [3.63, 3.8) is 0 Å². The first-order valence-corrected chi connectivity index (χ1v) is 10.4. The van der Waals surface area contributed by atoms with Crippen LogP contribution in [0.3, 0.4) is 0 Å². The molecule has 3 aliphatic rings. The van der Waals surface area contributed by atoms with Crippen LogP contribution >= 0.6 is 11.6 Å². The first-order valence-electron chi connectivity index (χ1n) is 10.0. The number of carbonyl (C=O) groups is 2. The smallest absolute Gasteiger partial charge is 0.250 e. The summed E-state index contributed by atoms with van der Waals surface area (Å²) in [6.45, 7) is 2.34. The Morgan fingerprint density at radius 3 is 2.55 bits per heavy atom. The molecule has 3 atom stereocenters. The first kappa shape index (κ1) is 18.4. The molecule has 2 bridgehead atoms. The van der Waals surface area contributed by atoms with Crippen molar-refractivity contribution in [2.75, 3.05) is 24.5 Å². The maximum Gasteiger partial charge on any atom is 0.250 e. The molecule has 0 saturated carbocycles. The average molecular weight is 412 g/mol. The number of carbonyl (C=O) groups excluding carboxylic acids is 2. The monoisotopic (exact) mass is 411 g/mol. The van der Waals surface area contributed by atoms with Crippen LogP contribution in [0.4, 0.5) is 5.69 Å². The maximum absolute atomic E-state index is 13.2. The summed E-state index contributed by atoms with van der Waals surface area (Å²) in [4.78, 5) is 41.6. The first-order chi connectivity index (χ1) is 14.0. The van der Waals surface area contributed by atoms with Gasteiger partial charge in [-0.15, -0.1) is 0 Å². The quantitative estimate of drug-likeness (QED) is 0.762. The van der Waals surface area contributed by atoms with Gasteiger partial charge in [0.15, 0.2) is 0 Å². The summed E-state index contributed by atoms with van der Waals surface area (Å²) in [7, 11) is 0. The minimum atomic E-state index is -0.324. The van der Waals surface area contributed by atoms with Gasteiger partial charge in [0.05, 0.1) is 5.92 Å². The third-order valence-corrected chi connectivity index (χ3v) is 6.66. The molecule has 2 fully saturated rings. The Kier molecular flexibility index (Phi) is 4.46. The molecule has 4 heterocycles. The lowest BCUT2D eigenvalue weighted by molar-refractivity contribution is -0.138. The highest BCUT2D eigenvalue weighted by Gasteiger charge is 2.41. The molecule has 29 heavy (non-hydrogen) atoms. The van der Waals surface area contributed by atoms with Gasteiger partial charge in [-0.2, -0.15) is 0 Å². The molecular weight excluding hydrogens is 390 g/mol. The number of hydrogen-bond acceptors (Lipinski definition) is 3. The fourth-order valence-electron chi connectivity index (χ4n) is 5.08. The van der Waals surface area contributed by atoms with Gasteiger partial charge in [-0.1, -0.05) is 17.7 Å². The maximum atomic E-state index is 13.2. The molecule has 5 rings (SSSR count). The number of rotatable bonds is 2. The average Bonchev–Trinajstić information content (AvgIpc) is 3.10. The van der Waals surface area contributed by atoms with Crippen LogP contribution < -0.4 is 10.5 Å². The minimum absolute atomic E-state index is 0.0280. The van der Waals surface area contributed by atoms with Crippen molar-refractivity contribution >= 4 is 29.1 Å². The van der Waals surface area contributed by atoms with Gasteiger partial charge in [0.25, 0.3) is 5.56 Å². The Bertz CT molecular complexity index is 1030. The van der Waals surface area contributed by atoms with Crippen LogP contribution in [0.2, 0.25) is 5.02 Å². The Labute approximate surface area is 173 Å². The lowest BCUT2D eigenvalue weighted by Crippen LogP contribution is -2.50. The molecule has 7 heteroatoms. The molecule has 150 valence electrons. The van der Waals surface area contributed by atoms with Crippen molar-refractivity contribution in [3.05, 3.63) is 63.5 Å². The summed E-state index contributed by atoms with van der Waals surface area (Å²) in [5, 5.41) is 0.618. The largest absolute Gasteiger partial charge is 0.341 e. The molecule has 0 N–H and O–H groups in total. The third-order valence-electron chi connectivity index (χ3n) is 6.40. The van der Waals surface area contributed by atoms with Crippen molar-refractivity contribution in [2.45, 2.75) is 25.3 Å². The molecule has 2 saturated heterocycles. The van der Waals surface area contributed by atoms with E-state index >= 15 is 0 Å².